The van der Waals surface area contributed by atoms with E-state index in [1.807, 2.05) is 24.3 Å². The number of para-hydroxylation sites is 2. The molecule has 1 N–H and O–H groups in total. The minimum absolute atomic E-state index is 0.222. The number of ether oxygens (including phenoxy) is 1. The maximum atomic E-state index is 12.8. The molecule has 0 saturated carbocycles. The Morgan fingerprint density at radius 3 is 2.27 bits per heavy atom. The molecule has 0 radical (unpaired) electrons. The number of hydrogen-bond donors (Lipinski definition) is 1. The van der Waals surface area contributed by atoms with Gasteiger partial charge in [0.05, 0.1) is 17.7 Å². The van der Waals surface area contributed by atoms with Gasteiger partial charge in [-0.2, -0.15) is 4.31 Å². The number of amides is 1. The summed E-state index contributed by atoms with van der Waals surface area (Å²) in [7, 11) is -1.93. The summed E-state index contributed by atoms with van der Waals surface area (Å²) in [5.74, 6) is 0.780. The molecule has 0 bridgehead atoms. The molecule has 1 amide bonds. The van der Waals surface area contributed by atoms with Gasteiger partial charge < -0.3 is 15.0 Å². The first-order valence-corrected chi connectivity index (χ1v) is 9.68. The number of sulfonamides is 1. The highest BCUT2D eigenvalue weighted by Gasteiger charge is 2.29. The lowest BCUT2D eigenvalue weighted by Gasteiger charge is -2.35. The molecule has 0 atom stereocenters. The molecule has 8 heteroatoms. The van der Waals surface area contributed by atoms with Gasteiger partial charge in [0.25, 0.3) is 0 Å². The van der Waals surface area contributed by atoms with Crippen LogP contribution in [0.1, 0.15) is 0 Å². The van der Waals surface area contributed by atoms with Crippen LogP contribution in [0, 0.1) is 0 Å². The molecule has 3 rings (SSSR count). The smallest absolute Gasteiger partial charge is 0.243 e. The third-order valence-electron chi connectivity index (χ3n) is 4.38. The lowest BCUT2D eigenvalue weighted by Crippen LogP contribution is -2.48. The van der Waals surface area contributed by atoms with E-state index in [2.05, 4.69) is 10.2 Å². The van der Waals surface area contributed by atoms with Gasteiger partial charge in [-0.3, -0.25) is 4.79 Å². The monoisotopic (exact) mass is 375 g/mol. The Hall–Kier alpha value is -2.58. The van der Waals surface area contributed by atoms with Gasteiger partial charge in [0.1, 0.15) is 5.75 Å². The lowest BCUT2D eigenvalue weighted by atomic mass is 10.2. The zero-order chi connectivity index (χ0) is 18.6. The van der Waals surface area contributed by atoms with E-state index in [-0.39, 0.29) is 4.90 Å². The SMILES string of the molecule is COc1ccccc1N1CCN(S(=O)(=O)c2ccc(NC=O)cc2)CC1. The molecular formula is C18H21N3O4S. The highest BCUT2D eigenvalue weighted by atomic mass is 32.2. The van der Waals surface area contributed by atoms with E-state index in [9.17, 15) is 13.2 Å². The number of nitrogens with one attached hydrogen (secondary N) is 1. The fraction of sp³-hybridized carbons (Fsp3) is 0.278. The average Bonchev–Trinajstić information content (AvgIpc) is 2.69. The normalized spacial score (nSPS) is 15.5. The fourth-order valence-corrected chi connectivity index (χ4v) is 4.42. The van der Waals surface area contributed by atoms with Crippen LogP contribution in [0.15, 0.2) is 53.4 Å². The van der Waals surface area contributed by atoms with Crippen LogP contribution in [0.3, 0.4) is 0 Å². The van der Waals surface area contributed by atoms with Crippen molar-refractivity contribution in [1.29, 1.82) is 0 Å². The summed E-state index contributed by atoms with van der Waals surface area (Å²) in [5.41, 5.74) is 1.52. The van der Waals surface area contributed by atoms with Crippen LogP contribution in [-0.2, 0) is 14.8 Å². The number of nitrogens with zero attached hydrogens (tertiary/aromatic N) is 2. The number of anilines is 2. The molecule has 1 aliphatic heterocycles. The molecule has 1 saturated heterocycles. The second kappa shape index (κ2) is 7.76. The van der Waals surface area contributed by atoms with E-state index in [1.54, 1.807) is 19.2 Å². The molecule has 138 valence electrons. The summed E-state index contributed by atoms with van der Waals surface area (Å²) in [6.07, 6.45) is 0.556. The zero-order valence-electron chi connectivity index (χ0n) is 14.5. The second-order valence-electron chi connectivity index (χ2n) is 5.85. The lowest BCUT2D eigenvalue weighted by molar-refractivity contribution is -0.105. The van der Waals surface area contributed by atoms with Crippen molar-refractivity contribution in [2.24, 2.45) is 0 Å². The summed E-state index contributed by atoms with van der Waals surface area (Å²) in [4.78, 5) is 12.8. The molecule has 1 aliphatic rings. The number of methoxy groups -OCH3 is 1. The first kappa shape index (κ1) is 18.2. The Bertz CT molecular complexity index is 860. The van der Waals surface area contributed by atoms with Crippen LogP contribution >= 0.6 is 0 Å². The average molecular weight is 375 g/mol. The molecule has 2 aromatic rings. The van der Waals surface area contributed by atoms with Crippen LogP contribution < -0.4 is 15.0 Å². The third kappa shape index (κ3) is 3.66. The molecule has 0 aliphatic carbocycles. The first-order valence-electron chi connectivity index (χ1n) is 8.24. The van der Waals surface area contributed by atoms with Crippen molar-refractivity contribution in [1.82, 2.24) is 4.31 Å². The zero-order valence-corrected chi connectivity index (χ0v) is 15.3. The number of benzene rings is 2. The number of piperazine rings is 1. The van der Waals surface area contributed by atoms with Crippen molar-refractivity contribution in [2.45, 2.75) is 4.90 Å². The van der Waals surface area contributed by atoms with Crippen molar-refractivity contribution in [2.75, 3.05) is 43.5 Å². The number of rotatable bonds is 6. The third-order valence-corrected chi connectivity index (χ3v) is 6.30. The largest absolute Gasteiger partial charge is 0.495 e. The second-order valence-corrected chi connectivity index (χ2v) is 7.79. The summed E-state index contributed by atoms with van der Waals surface area (Å²) >= 11 is 0. The molecule has 1 heterocycles. The summed E-state index contributed by atoms with van der Waals surface area (Å²) in [6.45, 7) is 1.97. The minimum atomic E-state index is -3.56. The molecule has 26 heavy (non-hydrogen) atoms. The van der Waals surface area contributed by atoms with E-state index in [0.29, 0.717) is 38.3 Å². The van der Waals surface area contributed by atoms with Crippen LogP contribution in [0.5, 0.6) is 5.75 Å². The molecule has 2 aromatic carbocycles. The van der Waals surface area contributed by atoms with Crippen LogP contribution in [-0.4, -0.2) is 52.4 Å². The van der Waals surface area contributed by atoms with Gasteiger partial charge in [-0.1, -0.05) is 12.1 Å². The number of carbonyl (C=O) groups is 1. The van der Waals surface area contributed by atoms with Crippen LogP contribution in [0.4, 0.5) is 11.4 Å². The summed E-state index contributed by atoms with van der Waals surface area (Å²) in [6, 6.07) is 13.9. The van der Waals surface area contributed by atoms with Gasteiger partial charge in [0.2, 0.25) is 16.4 Å². The quantitative estimate of drug-likeness (QED) is 0.779. The van der Waals surface area contributed by atoms with Gasteiger partial charge >= 0.3 is 0 Å². The maximum Gasteiger partial charge on any atom is 0.243 e. The van der Waals surface area contributed by atoms with Gasteiger partial charge in [0, 0.05) is 31.9 Å². The van der Waals surface area contributed by atoms with E-state index in [1.165, 1.54) is 16.4 Å². The van der Waals surface area contributed by atoms with Gasteiger partial charge in [-0.05, 0) is 36.4 Å². The van der Waals surface area contributed by atoms with E-state index < -0.39 is 10.0 Å². The van der Waals surface area contributed by atoms with Crippen molar-refractivity contribution in [3.63, 3.8) is 0 Å². The van der Waals surface area contributed by atoms with Crippen LogP contribution in [0.2, 0.25) is 0 Å². The van der Waals surface area contributed by atoms with E-state index in [0.717, 1.165) is 11.4 Å². The predicted molar refractivity (Wildman–Crippen MR) is 100 cm³/mol. The van der Waals surface area contributed by atoms with Gasteiger partial charge in [-0.15, -0.1) is 0 Å². The Balaban J connectivity index is 1.71. The molecule has 0 aromatic heterocycles. The fourth-order valence-electron chi connectivity index (χ4n) is 3.00. The molecule has 1 fully saturated rings. The Kier molecular flexibility index (Phi) is 5.43. The molecule has 0 spiro atoms. The minimum Gasteiger partial charge on any atom is -0.495 e. The van der Waals surface area contributed by atoms with E-state index in [4.69, 9.17) is 4.74 Å². The highest BCUT2D eigenvalue weighted by Crippen LogP contribution is 2.29. The van der Waals surface area contributed by atoms with Crippen molar-refractivity contribution in [3.05, 3.63) is 48.5 Å². The molecule has 7 nitrogen and oxygen atoms in total. The van der Waals surface area contributed by atoms with Gasteiger partial charge in [0.15, 0.2) is 0 Å². The topological polar surface area (TPSA) is 79.0 Å². The van der Waals surface area contributed by atoms with Crippen molar-refractivity contribution in [3.8, 4) is 5.75 Å². The summed E-state index contributed by atoms with van der Waals surface area (Å²) in [5, 5.41) is 2.49. The predicted octanol–water partition coefficient (Wildman–Crippen LogP) is 1.77. The Morgan fingerprint density at radius 1 is 1.00 bits per heavy atom. The van der Waals surface area contributed by atoms with E-state index >= 15 is 0 Å². The van der Waals surface area contributed by atoms with Crippen molar-refractivity contribution < 1.29 is 17.9 Å². The number of hydrogen-bond acceptors (Lipinski definition) is 5. The summed E-state index contributed by atoms with van der Waals surface area (Å²) < 4.78 is 32.5. The Labute approximate surface area is 153 Å². The van der Waals surface area contributed by atoms with Crippen LogP contribution in [0.25, 0.3) is 0 Å². The van der Waals surface area contributed by atoms with Gasteiger partial charge in [-0.25, -0.2) is 8.42 Å². The number of carbonyl (C=O) groups excluding carboxylic acids is 1. The Morgan fingerprint density at radius 2 is 1.65 bits per heavy atom. The maximum absolute atomic E-state index is 12.8. The first-order chi connectivity index (χ1) is 12.6. The highest BCUT2D eigenvalue weighted by molar-refractivity contribution is 7.89. The standard InChI is InChI=1S/C18H21N3O4S/c1-25-18-5-3-2-4-17(18)20-10-12-21(13-11-20)26(23,24)16-8-6-15(7-9-16)19-14-22/h2-9,14H,10-13H2,1H3,(H,19,22). The molecule has 0 unspecified atom stereocenters. The van der Waals surface area contributed by atoms with Crippen molar-refractivity contribution >= 4 is 27.8 Å². The molecular weight excluding hydrogens is 354 g/mol.